The lowest BCUT2D eigenvalue weighted by molar-refractivity contribution is -0.140. The van der Waals surface area contributed by atoms with Crippen LogP contribution >= 0.6 is 0 Å². The molecule has 1 unspecified atom stereocenters. The third-order valence-corrected chi connectivity index (χ3v) is 6.46. The van der Waals surface area contributed by atoms with E-state index in [0.717, 1.165) is 11.1 Å². The molecule has 0 aliphatic carbocycles. The van der Waals surface area contributed by atoms with Crippen molar-refractivity contribution in [3.8, 4) is 11.5 Å². The van der Waals surface area contributed by atoms with Gasteiger partial charge in [-0.05, 0) is 67.3 Å². The first-order chi connectivity index (χ1) is 18.4. The fraction of sp³-hybridized carbons (Fsp3) is 0.290. The molecule has 38 heavy (non-hydrogen) atoms. The Morgan fingerprint density at radius 1 is 0.974 bits per heavy atom. The minimum Gasteiger partial charge on any atom is -0.507 e. The maximum absolute atomic E-state index is 13.3. The van der Waals surface area contributed by atoms with Crippen molar-refractivity contribution in [2.75, 3.05) is 26.9 Å². The standard InChI is InChI=1S/C31H33NO6/c1-4-37-26-15-14-24(18-21(26)2)29(33)27-28(32(16-9-17-36-3)31(35)30(27)34)23-12-8-13-25(19-23)38-20-22-10-6-5-7-11-22/h5-8,10-15,18-19,28,33H,4,9,16-17,20H2,1-3H3/b29-27+. The smallest absolute Gasteiger partial charge is 0.295 e. The number of nitrogens with zero attached hydrogens (tertiary/aromatic N) is 1. The fourth-order valence-electron chi connectivity index (χ4n) is 4.62. The summed E-state index contributed by atoms with van der Waals surface area (Å²) in [4.78, 5) is 28.0. The molecule has 1 aliphatic rings. The molecule has 7 heteroatoms. The zero-order chi connectivity index (χ0) is 27.1. The van der Waals surface area contributed by atoms with Gasteiger partial charge in [0.2, 0.25) is 0 Å². The van der Waals surface area contributed by atoms with E-state index in [0.29, 0.717) is 55.4 Å². The van der Waals surface area contributed by atoms with Crippen molar-refractivity contribution in [2.24, 2.45) is 0 Å². The van der Waals surface area contributed by atoms with Crippen molar-refractivity contribution < 1.29 is 28.9 Å². The van der Waals surface area contributed by atoms with Crippen molar-refractivity contribution in [3.05, 3.63) is 101 Å². The van der Waals surface area contributed by atoms with E-state index in [-0.39, 0.29) is 11.3 Å². The summed E-state index contributed by atoms with van der Waals surface area (Å²) in [5.41, 5.74) is 3.02. The molecule has 1 amide bonds. The van der Waals surface area contributed by atoms with Crippen LogP contribution in [0.4, 0.5) is 0 Å². The molecule has 0 saturated carbocycles. The van der Waals surface area contributed by atoms with E-state index in [2.05, 4.69) is 0 Å². The van der Waals surface area contributed by atoms with Gasteiger partial charge in [0.15, 0.2) is 0 Å². The quantitative estimate of drug-likeness (QED) is 0.159. The van der Waals surface area contributed by atoms with Crippen molar-refractivity contribution in [2.45, 2.75) is 32.9 Å². The Balaban J connectivity index is 1.73. The SMILES string of the molecule is CCOc1ccc(/C(O)=C2\C(=O)C(=O)N(CCCOC)C2c2cccc(OCc3ccccc3)c2)cc1C. The molecule has 1 aliphatic heterocycles. The maximum atomic E-state index is 13.3. The fourth-order valence-corrected chi connectivity index (χ4v) is 4.62. The Labute approximate surface area is 223 Å². The third-order valence-electron chi connectivity index (χ3n) is 6.46. The predicted octanol–water partition coefficient (Wildman–Crippen LogP) is 5.43. The van der Waals surface area contributed by atoms with Gasteiger partial charge in [-0.2, -0.15) is 0 Å². The Hall–Kier alpha value is -4.10. The van der Waals surface area contributed by atoms with Crippen LogP contribution in [0.25, 0.3) is 5.76 Å². The topological polar surface area (TPSA) is 85.3 Å². The highest BCUT2D eigenvalue weighted by Gasteiger charge is 2.45. The summed E-state index contributed by atoms with van der Waals surface area (Å²) in [6.45, 7) is 5.41. The molecule has 1 heterocycles. The molecule has 198 valence electrons. The number of hydrogen-bond acceptors (Lipinski definition) is 6. The lowest BCUT2D eigenvalue weighted by atomic mass is 9.94. The number of amides is 1. The number of aliphatic hydroxyl groups is 1. The molecule has 0 bridgehead atoms. The van der Waals surface area contributed by atoms with E-state index in [1.54, 1.807) is 25.3 Å². The van der Waals surface area contributed by atoms with Gasteiger partial charge >= 0.3 is 0 Å². The Kier molecular flexibility index (Phi) is 8.81. The van der Waals surface area contributed by atoms with E-state index in [1.165, 1.54) is 4.90 Å². The Bertz CT molecular complexity index is 1320. The molecule has 1 N–H and O–H groups in total. The number of carbonyl (C=O) groups is 2. The van der Waals surface area contributed by atoms with E-state index in [9.17, 15) is 14.7 Å². The van der Waals surface area contributed by atoms with Crippen LogP contribution < -0.4 is 9.47 Å². The van der Waals surface area contributed by atoms with Crippen LogP contribution in [-0.2, 0) is 20.9 Å². The van der Waals surface area contributed by atoms with Crippen LogP contribution in [0.3, 0.4) is 0 Å². The summed E-state index contributed by atoms with van der Waals surface area (Å²) < 4.78 is 16.8. The van der Waals surface area contributed by atoms with Gasteiger partial charge in [0, 0.05) is 25.8 Å². The summed E-state index contributed by atoms with van der Waals surface area (Å²) in [7, 11) is 1.59. The molecule has 1 saturated heterocycles. The van der Waals surface area contributed by atoms with Crippen LogP contribution in [0.15, 0.2) is 78.4 Å². The van der Waals surface area contributed by atoms with Crippen molar-refractivity contribution in [1.82, 2.24) is 4.90 Å². The molecule has 7 nitrogen and oxygen atoms in total. The number of hydrogen-bond donors (Lipinski definition) is 1. The number of aryl methyl sites for hydroxylation is 1. The number of likely N-dealkylation sites (tertiary alicyclic amines) is 1. The molecular formula is C31H33NO6. The highest BCUT2D eigenvalue weighted by molar-refractivity contribution is 6.46. The van der Waals surface area contributed by atoms with Crippen LogP contribution in [0, 0.1) is 6.92 Å². The second-order valence-electron chi connectivity index (χ2n) is 9.10. The lowest BCUT2D eigenvalue weighted by Gasteiger charge is -2.25. The van der Waals surface area contributed by atoms with E-state index in [1.807, 2.05) is 68.4 Å². The minimum atomic E-state index is -0.765. The molecule has 4 rings (SSSR count). The number of carbonyl (C=O) groups excluding carboxylic acids is 2. The summed E-state index contributed by atoms with van der Waals surface area (Å²) >= 11 is 0. The zero-order valence-corrected chi connectivity index (χ0v) is 22.0. The number of Topliss-reactive ketones (excluding diaryl/α,β-unsaturated/α-hetero) is 1. The maximum Gasteiger partial charge on any atom is 0.295 e. The molecular weight excluding hydrogens is 482 g/mol. The third kappa shape index (κ3) is 5.89. The van der Waals surface area contributed by atoms with Crippen molar-refractivity contribution in [3.63, 3.8) is 0 Å². The first-order valence-corrected chi connectivity index (χ1v) is 12.7. The largest absolute Gasteiger partial charge is 0.507 e. The minimum absolute atomic E-state index is 0.0520. The van der Waals surface area contributed by atoms with Gasteiger partial charge in [-0.25, -0.2) is 0 Å². The number of benzene rings is 3. The average Bonchev–Trinajstić information content (AvgIpc) is 3.18. The first-order valence-electron chi connectivity index (χ1n) is 12.7. The zero-order valence-electron chi connectivity index (χ0n) is 22.0. The van der Waals surface area contributed by atoms with Gasteiger partial charge in [0.05, 0.1) is 18.2 Å². The van der Waals surface area contributed by atoms with Gasteiger partial charge in [-0.15, -0.1) is 0 Å². The lowest BCUT2D eigenvalue weighted by Crippen LogP contribution is -2.31. The summed E-state index contributed by atoms with van der Waals surface area (Å²) in [6, 6.07) is 21.6. The van der Waals surface area contributed by atoms with E-state index in [4.69, 9.17) is 14.2 Å². The van der Waals surface area contributed by atoms with E-state index < -0.39 is 17.7 Å². The highest BCUT2D eigenvalue weighted by Crippen LogP contribution is 2.40. The summed E-state index contributed by atoms with van der Waals surface area (Å²) in [5.74, 6) is -0.281. The van der Waals surface area contributed by atoms with Crippen LogP contribution in [0.5, 0.6) is 11.5 Å². The molecule has 3 aromatic carbocycles. The van der Waals surface area contributed by atoms with Gasteiger partial charge in [0.1, 0.15) is 23.9 Å². The number of aliphatic hydroxyl groups excluding tert-OH is 1. The summed E-state index contributed by atoms with van der Waals surface area (Å²) in [6.07, 6.45) is 0.548. The van der Waals surface area contributed by atoms with Gasteiger partial charge in [-0.1, -0.05) is 42.5 Å². The Morgan fingerprint density at radius 3 is 2.47 bits per heavy atom. The molecule has 0 spiro atoms. The van der Waals surface area contributed by atoms with Crippen molar-refractivity contribution in [1.29, 1.82) is 0 Å². The summed E-state index contributed by atoms with van der Waals surface area (Å²) in [5, 5.41) is 11.4. The van der Waals surface area contributed by atoms with Gasteiger partial charge < -0.3 is 24.2 Å². The molecule has 0 radical (unpaired) electrons. The number of ketones is 1. The Morgan fingerprint density at radius 2 is 1.76 bits per heavy atom. The molecule has 3 aromatic rings. The van der Waals surface area contributed by atoms with Gasteiger partial charge in [-0.3, -0.25) is 9.59 Å². The molecule has 0 aromatic heterocycles. The van der Waals surface area contributed by atoms with Crippen LogP contribution in [0.2, 0.25) is 0 Å². The van der Waals surface area contributed by atoms with Gasteiger partial charge in [0.25, 0.3) is 11.7 Å². The number of rotatable bonds is 11. The van der Waals surface area contributed by atoms with Crippen LogP contribution in [-0.4, -0.2) is 48.6 Å². The number of ether oxygens (including phenoxy) is 3. The predicted molar refractivity (Wildman–Crippen MR) is 145 cm³/mol. The normalized spacial score (nSPS) is 16.6. The first kappa shape index (κ1) is 26.9. The van der Waals surface area contributed by atoms with Crippen molar-refractivity contribution >= 4 is 17.4 Å². The highest BCUT2D eigenvalue weighted by atomic mass is 16.5. The molecule has 1 atom stereocenters. The monoisotopic (exact) mass is 515 g/mol. The average molecular weight is 516 g/mol. The number of methoxy groups -OCH3 is 1. The van der Waals surface area contributed by atoms with E-state index >= 15 is 0 Å². The van der Waals surface area contributed by atoms with Crippen LogP contribution in [0.1, 0.15) is 41.6 Å². The second-order valence-corrected chi connectivity index (χ2v) is 9.10. The second kappa shape index (κ2) is 12.4. The molecule has 1 fully saturated rings.